The zero-order valence-electron chi connectivity index (χ0n) is 18.9. The van der Waals surface area contributed by atoms with E-state index in [1.165, 1.54) is 0 Å². The van der Waals surface area contributed by atoms with Gasteiger partial charge in [0.25, 0.3) is 0 Å². The van der Waals surface area contributed by atoms with Crippen LogP contribution < -0.4 is 0 Å². The third kappa shape index (κ3) is 6.71. The van der Waals surface area contributed by atoms with Gasteiger partial charge in [0.15, 0.2) is 0 Å². The molecule has 1 aliphatic heterocycles. The van der Waals surface area contributed by atoms with Crippen LogP contribution in [-0.2, 0) is 38.8 Å². The summed E-state index contributed by atoms with van der Waals surface area (Å²) in [5.41, 5.74) is 3.13. The highest BCUT2D eigenvalue weighted by Crippen LogP contribution is 2.32. The SMILES string of the molecule is CC1C(F)OC(COCc2ccccc2)[C@H](OCc2ccccc2)[C@@H]1OCc1ccccc1. The Morgan fingerprint density at radius 2 is 1.12 bits per heavy atom. The molecule has 3 aromatic carbocycles. The molecule has 1 aliphatic rings. The van der Waals surface area contributed by atoms with E-state index < -0.39 is 30.6 Å². The molecule has 0 bridgehead atoms. The molecule has 0 saturated carbocycles. The fourth-order valence-corrected chi connectivity index (χ4v) is 4.01. The summed E-state index contributed by atoms with van der Waals surface area (Å²) < 4.78 is 39.1. The summed E-state index contributed by atoms with van der Waals surface area (Å²) in [5, 5.41) is 0. The van der Waals surface area contributed by atoms with Crippen LogP contribution >= 0.6 is 0 Å². The lowest BCUT2D eigenvalue weighted by Crippen LogP contribution is -2.55. The third-order valence-electron chi connectivity index (χ3n) is 5.89. The highest BCUT2D eigenvalue weighted by atomic mass is 19.1. The molecule has 1 fully saturated rings. The first-order chi connectivity index (χ1) is 16.2. The summed E-state index contributed by atoms with van der Waals surface area (Å²) in [6.45, 7) is 3.21. The van der Waals surface area contributed by atoms with Crippen molar-refractivity contribution in [2.75, 3.05) is 6.61 Å². The van der Waals surface area contributed by atoms with Crippen LogP contribution in [0.5, 0.6) is 0 Å². The van der Waals surface area contributed by atoms with Crippen LogP contribution in [0.2, 0.25) is 0 Å². The van der Waals surface area contributed by atoms with Gasteiger partial charge in [-0.2, -0.15) is 0 Å². The molecule has 33 heavy (non-hydrogen) atoms. The van der Waals surface area contributed by atoms with Crippen molar-refractivity contribution < 1.29 is 23.3 Å². The summed E-state index contributed by atoms with van der Waals surface area (Å²) in [7, 11) is 0. The zero-order valence-corrected chi connectivity index (χ0v) is 18.9. The first-order valence-electron chi connectivity index (χ1n) is 11.4. The Morgan fingerprint density at radius 1 is 0.667 bits per heavy atom. The van der Waals surface area contributed by atoms with Gasteiger partial charge in [-0.3, -0.25) is 0 Å². The van der Waals surface area contributed by atoms with E-state index in [4.69, 9.17) is 18.9 Å². The molecule has 3 unspecified atom stereocenters. The lowest BCUT2D eigenvalue weighted by atomic mass is 9.92. The standard InChI is InChI=1S/C28H31FO4/c1-21-26(31-18-23-13-7-3-8-14-23)27(32-19-24-15-9-4-10-16-24)25(33-28(21)29)20-30-17-22-11-5-2-6-12-22/h2-16,21,25-28H,17-20H2,1H3/t21?,25?,26-,27+,28?/m1/s1. The lowest BCUT2D eigenvalue weighted by Gasteiger charge is -2.42. The Labute approximate surface area is 195 Å². The molecule has 0 N–H and O–H groups in total. The number of ether oxygens (including phenoxy) is 4. The van der Waals surface area contributed by atoms with Gasteiger partial charge in [-0.05, 0) is 16.7 Å². The molecule has 1 heterocycles. The van der Waals surface area contributed by atoms with Crippen molar-refractivity contribution in [1.29, 1.82) is 0 Å². The van der Waals surface area contributed by atoms with Gasteiger partial charge in [-0.15, -0.1) is 0 Å². The highest BCUT2D eigenvalue weighted by Gasteiger charge is 2.45. The van der Waals surface area contributed by atoms with Crippen LogP contribution in [0.1, 0.15) is 23.6 Å². The minimum absolute atomic E-state index is 0.215. The van der Waals surface area contributed by atoms with Crippen LogP contribution in [0.15, 0.2) is 91.0 Å². The number of hydrogen-bond donors (Lipinski definition) is 0. The van der Waals surface area contributed by atoms with E-state index in [1.54, 1.807) is 6.92 Å². The topological polar surface area (TPSA) is 36.9 Å². The Balaban J connectivity index is 1.46. The second-order valence-corrected chi connectivity index (χ2v) is 8.41. The van der Waals surface area contributed by atoms with Crippen molar-refractivity contribution in [3.63, 3.8) is 0 Å². The molecule has 4 nitrogen and oxygen atoms in total. The minimum atomic E-state index is -1.45. The number of halogens is 1. The maximum Gasteiger partial charge on any atom is 0.204 e. The first-order valence-corrected chi connectivity index (χ1v) is 11.4. The monoisotopic (exact) mass is 450 g/mol. The van der Waals surface area contributed by atoms with Gasteiger partial charge in [-0.1, -0.05) is 97.9 Å². The lowest BCUT2D eigenvalue weighted by molar-refractivity contribution is -0.269. The van der Waals surface area contributed by atoms with Gasteiger partial charge in [0, 0.05) is 5.92 Å². The molecule has 5 heteroatoms. The molecule has 4 rings (SSSR count). The van der Waals surface area contributed by atoms with E-state index in [0.717, 1.165) is 16.7 Å². The smallest absolute Gasteiger partial charge is 0.204 e. The number of rotatable bonds is 10. The predicted molar refractivity (Wildman–Crippen MR) is 125 cm³/mol. The maximum absolute atomic E-state index is 14.9. The Kier molecular flexibility index (Phi) is 8.61. The molecule has 5 atom stereocenters. The van der Waals surface area contributed by atoms with Crippen molar-refractivity contribution in [1.82, 2.24) is 0 Å². The number of benzene rings is 3. The van der Waals surface area contributed by atoms with Gasteiger partial charge in [0.1, 0.15) is 12.2 Å². The summed E-state index contributed by atoms with van der Waals surface area (Å²) in [5.74, 6) is -0.472. The molecule has 3 aromatic rings. The van der Waals surface area contributed by atoms with Crippen molar-refractivity contribution in [2.45, 2.75) is 51.4 Å². The first kappa shape index (κ1) is 23.6. The molecule has 0 spiro atoms. The van der Waals surface area contributed by atoms with E-state index in [2.05, 4.69) is 0 Å². The van der Waals surface area contributed by atoms with E-state index in [0.29, 0.717) is 19.8 Å². The largest absolute Gasteiger partial charge is 0.374 e. The Bertz CT molecular complexity index is 938. The second-order valence-electron chi connectivity index (χ2n) is 8.41. The molecular weight excluding hydrogens is 419 g/mol. The molecule has 0 radical (unpaired) electrons. The van der Waals surface area contributed by atoms with Crippen molar-refractivity contribution in [2.24, 2.45) is 5.92 Å². The van der Waals surface area contributed by atoms with Crippen molar-refractivity contribution in [3.05, 3.63) is 108 Å². The molecule has 0 amide bonds. The fourth-order valence-electron chi connectivity index (χ4n) is 4.01. The van der Waals surface area contributed by atoms with Crippen LogP contribution in [0.3, 0.4) is 0 Å². The van der Waals surface area contributed by atoms with Gasteiger partial charge < -0.3 is 18.9 Å². The Morgan fingerprint density at radius 3 is 1.64 bits per heavy atom. The molecule has 0 aliphatic carbocycles. The summed E-state index contributed by atoms with van der Waals surface area (Å²) in [6, 6.07) is 29.7. The highest BCUT2D eigenvalue weighted by molar-refractivity contribution is 5.15. The fraction of sp³-hybridized carbons (Fsp3) is 0.357. The summed E-state index contributed by atoms with van der Waals surface area (Å²) >= 11 is 0. The third-order valence-corrected chi connectivity index (χ3v) is 5.89. The van der Waals surface area contributed by atoms with Crippen molar-refractivity contribution in [3.8, 4) is 0 Å². The minimum Gasteiger partial charge on any atom is -0.374 e. The Hall–Kier alpha value is -2.57. The van der Waals surface area contributed by atoms with Crippen molar-refractivity contribution >= 4 is 0 Å². The number of hydrogen-bond acceptors (Lipinski definition) is 4. The van der Waals surface area contributed by atoms with Gasteiger partial charge >= 0.3 is 0 Å². The van der Waals surface area contributed by atoms with E-state index in [-0.39, 0.29) is 6.61 Å². The van der Waals surface area contributed by atoms with Crippen LogP contribution in [0.25, 0.3) is 0 Å². The zero-order chi connectivity index (χ0) is 22.9. The van der Waals surface area contributed by atoms with Crippen LogP contribution in [-0.4, -0.2) is 31.3 Å². The quantitative estimate of drug-likeness (QED) is 0.397. The molecular formula is C28H31FO4. The van der Waals surface area contributed by atoms with E-state index >= 15 is 0 Å². The average molecular weight is 451 g/mol. The molecule has 0 aromatic heterocycles. The van der Waals surface area contributed by atoms with Gasteiger partial charge in [0.2, 0.25) is 6.36 Å². The van der Waals surface area contributed by atoms with Gasteiger partial charge in [-0.25, -0.2) is 4.39 Å². The number of alkyl halides is 1. The van der Waals surface area contributed by atoms with Crippen LogP contribution in [0, 0.1) is 5.92 Å². The summed E-state index contributed by atoms with van der Waals surface area (Å²) in [4.78, 5) is 0. The van der Waals surface area contributed by atoms with Gasteiger partial charge in [0.05, 0.1) is 32.5 Å². The maximum atomic E-state index is 14.9. The predicted octanol–water partition coefficient (Wildman–Crippen LogP) is 5.70. The van der Waals surface area contributed by atoms with E-state index in [1.807, 2.05) is 91.0 Å². The van der Waals surface area contributed by atoms with E-state index in [9.17, 15) is 4.39 Å². The van der Waals surface area contributed by atoms with Crippen LogP contribution in [0.4, 0.5) is 4.39 Å². The molecule has 1 saturated heterocycles. The second kappa shape index (κ2) is 12.1. The normalized spacial score (nSPS) is 25.1. The summed E-state index contributed by atoms with van der Waals surface area (Å²) in [6.07, 6.45) is -2.97. The average Bonchev–Trinajstić information content (AvgIpc) is 2.86. The molecule has 174 valence electrons.